The lowest BCUT2D eigenvalue weighted by Crippen LogP contribution is -2.55. The molecule has 2 N–H and O–H groups in total. The number of carbonyl (C=O) groups is 1. The second-order valence-corrected chi connectivity index (χ2v) is 6.02. The van der Waals surface area contributed by atoms with Crippen molar-refractivity contribution < 1.29 is 18.0 Å². The largest absolute Gasteiger partial charge is 0.393 e. The van der Waals surface area contributed by atoms with E-state index in [-0.39, 0.29) is 31.3 Å². The number of likely N-dealkylation sites (N-methyl/N-ethyl adjacent to an activating group) is 1. The van der Waals surface area contributed by atoms with Crippen molar-refractivity contribution in [3.05, 3.63) is 0 Å². The minimum atomic E-state index is -4.17. The second kappa shape index (κ2) is 6.96. The van der Waals surface area contributed by atoms with E-state index >= 15 is 0 Å². The average molecular weight is 307 g/mol. The van der Waals surface area contributed by atoms with Crippen molar-refractivity contribution in [2.24, 2.45) is 5.92 Å². The lowest BCUT2D eigenvalue weighted by molar-refractivity contribution is -0.180. The fraction of sp³-hybridized carbons (Fsp3) is 0.929. The molecule has 21 heavy (non-hydrogen) atoms. The van der Waals surface area contributed by atoms with E-state index in [2.05, 4.69) is 22.5 Å². The molecule has 0 aliphatic carbocycles. The monoisotopic (exact) mass is 307 g/mol. The SMILES string of the molecule is CCN1CCCC(NC(=O)C2CCC(C(F)(F)F)CN2)C1. The molecule has 0 saturated carbocycles. The molecule has 2 rings (SSSR count). The molecule has 2 fully saturated rings. The van der Waals surface area contributed by atoms with Crippen molar-refractivity contribution >= 4 is 5.91 Å². The molecule has 2 aliphatic heterocycles. The van der Waals surface area contributed by atoms with E-state index in [9.17, 15) is 18.0 Å². The summed E-state index contributed by atoms with van der Waals surface area (Å²) in [6.45, 7) is 4.77. The van der Waals surface area contributed by atoms with Gasteiger partial charge in [-0.2, -0.15) is 13.2 Å². The molecule has 7 heteroatoms. The van der Waals surface area contributed by atoms with Crippen LogP contribution in [0, 0.1) is 5.92 Å². The molecule has 2 heterocycles. The summed E-state index contributed by atoms with van der Waals surface area (Å²) >= 11 is 0. The fourth-order valence-corrected chi connectivity index (χ4v) is 3.12. The lowest BCUT2D eigenvalue weighted by atomic mass is 9.93. The van der Waals surface area contributed by atoms with Crippen molar-refractivity contribution in [1.29, 1.82) is 0 Å². The van der Waals surface area contributed by atoms with E-state index in [1.54, 1.807) is 0 Å². The molecule has 3 atom stereocenters. The number of nitrogens with zero attached hydrogens (tertiary/aromatic N) is 1. The number of alkyl halides is 3. The Hall–Kier alpha value is -0.820. The molecule has 0 spiro atoms. The molecule has 4 nitrogen and oxygen atoms in total. The van der Waals surface area contributed by atoms with Crippen LogP contribution in [0.1, 0.15) is 32.6 Å². The third-order valence-corrected chi connectivity index (χ3v) is 4.49. The predicted molar refractivity (Wildman–Crippen MR) is 73.8 cm³/mol. The minimum absolute atomic E-state index is 0.0281. The quantitative estimate of drug-likeness (QED) is 0.831. The summed E-state index contributed by atoms with van der Waals surface area (Å²) in [5.41, 5.74) is 0. The minimum Gasteiger partial charge on any atom is -0.351 e. The van der Waals surface area contributed by atoms with Gasteiger partial charge in [0.2, 0.25) is 5.91 Å². The molecule has 2 aliphatic rings. The first-order chi connectivity index (χ1) is 9.90. The van der Waals surface area contributed by atoms with Gasteiger partial charge in [0.05, 0.1) is 12.0 Å². The Morgan fingerprint density at radius 3 is 2.67 bits per heavy atom. The van der Waals surface area contributed by atoms with Gasteiger partial charge in [0, 0.05) is 19.1 Å². The summed E-state index contributed by atoms with van der Waals surface area (Å²) in [7, 11) is 0. The highest BCUT2D eigenvalue weighted by Crippen LogP contribution is 2.31. The van der Waals surface area contributed by atoms with Crippen LogP contribution in [-0.4, -0.2) is 55.2 Å². The van der Waals surface area contributed by atoms with Crippen LogP contribution in [0.4, 0.5) is 13.2 Å². The first-order valence-electron chi connectivity index (χ1n) is 7.73. The Morgan fingerprint density at radius 1 is 1.33 bits per heavy atom. The standard InChI is InChI=1S/C14H24F3N3O/c1-2-20-7-3-4-11(9-20)19-13(21)12-6-5-10(8-18-12)14(15,16)17/h10-12,18H,2-9H2,1H3,(H,19,21). The van der Waals surface area contributed by atoms with Crippen molar-refractivity contribution in [3.63, 3.8) is 0 Å². The molecular formula is C14H24F3N3O. The van der Waals surface area contributed by atoms with Crippen LogP contribution in [0.3, 0.4) is 0 Å². The maximum atomic E-state index is 12.6. The van der Waals surface area contributed by atoms with Gasteiger partial charge in [-0.25, -0.2) is 0 Å². The molecule has 2 saturated heterocycles. The molecule has 0 aromatic heterocycles. The highest BCUT2D eigenvalue weighted by Gasteiger charge is 2.42. The smallest absolute Gasteiger partial charge is 0.351 e. The Balaban J connectivity index is 1.77. The fourth-order valence-electron chi connectivity index (χ4n) is 3.12. The third kappa shape index (κ3) is 4.57. The Bertz CT molecular complexity index is 354. The summed E-state index contributed by atoms with van der Waals surface area (Å²) in [6.07, 6.45) is -1.90. The Labute approximate surface area is 123 Å². The van der Waals surface area contributed by atoms with E-state index < -0.39 is 18.1 Å². The molecule has 0 radical (unpaired) electrons. The van der Waals surface area contributed by atoms with Crippen LogP contribution >= 0.6 is 0 Å². The number of halogens is 3. The summed E-state index contributed by atoms with van der Waals surface area (Å²) in [5, 5.41) is 5.73. The average Bonchev–Trinajstić information content (AvgIpc) is 2.46. The molecule has 0 aromatic carbocycles. The number of likely N-dealkylation sites (tertiary alicyclic amines) is 1. The maximum absolute atomic E-state index is 12.6. The van der Waals surface area contributed by atoms with Gasteiger partial charge in [-0.3, -0.25) is 4.79 Å². The number of hydrogen-bond donors (Lipinski definition) is 2. The predicted octanol–water partition coefficient (Wildman–Crippen LogP) is 1.52. The van der Waals surface area contributed by atoms with Crippen molar-refractivity contribution in [2.45, 2.75) is 50.9 Å². The highest BCUT2D eigenvalue weighted by atomic mass is 19.4. The van der Waals surface area contributed by atoms with Crippen LogP contribution in [0.15, 0.2) is 0 Å². The molecular weight excluding hydrogens is 283 g/mol. The molecule has 3 unspecified atom stereocenters. The summed E-state index contributed by atoms with van der Waals surface area (Å²) < 4.78 is 37.7. The first-order valence-corrected chi connectivity index (χ1v) is 7.73. The van der Waals surface area contributed by atoms with Gasteiger partial charge in [-0.05, 0) is 38.8 Å². The second-order valence-electron chi connectivity index (χ2n) is 6.02. The van der Waals surface area contributed by atoms with Gasteiger partial charge >= 0.3 is 6.18 Å². The maximum Gasteiger partial charge on any atom is 0.393 e. The van der Waals surface area contributed by atoms with Gasteiger partial charge in [0.1, 0.15) is 0 Å². The van der Waals surface area contributed by atoms with Crippen LogP contribution in [-0.2, 0) is 4.79 Å². The zero-order chi connectivity index (χ0) is 15.5. The third-order valence-electron chi connectivity index (χ3n) is 4.49. The number of rotatable bonds is 3. The summed E-state index contributed by atoms with van der Waals surface area (Å²) in [4.78, 5) is 14.4. The highest BCUT2D eigenvalue weighted by molar-refractivity contribution is 5.82. The summed E-state index contributed by atoms with van der Waals surface area (Å²) in [5.74, 6) is -1.48. The van der Waals surface area contributed by atoms with Crippen LogP contribution in [0.5, 0.6) is 0 Å². The van der Waals surface area contributed by atoms with Gasteiger partial charge in [0.25, 0.3) is 0 Å². The van der Waals surface area contributed by atoms with Crippen LogP contribution < -0.4 is 10.6 Å². The van der Waals surface area contributed by atoms with Crippen LogP contribution in [0.2, 0.25) is 0 Å². The molecule has 122 valence electrons. The van der Waals surface area contributed by atoms with E-state index in [1.807, 2.05) is 0 Å². The summed E-state index contributed by atoms with van der Waals surface area (Å²) in [6, 6.07) is -0.367. The van der Waals surface area contributed by atoms with Gasteiger partial charge in [-0.15, -0.1) is 0 Å². The van der Waals surface area contributed by atoms with Gasteiger partial charge in [-0.1, -0.05) is 6.92 Å². The van der Waals surface area contributed by atoms with E-state index in [0.717, 1.165) is 32.5 Å². The lowest BCUT2D eigenvalue weighted by Gasteiger charge is -2.35. The molecule has 0 bridgehead atoms. The van der Waals surface area contributed by atoms with Gasteiger partial charge < -0.3 is 15.5 Å². The number of nitrogens with one attached hydrogen (secondary N) is 2. The number of amides is 1. The Morgan fingerprint density at radius 2 is 2.10 bits per heavy atom. The topological polar surface area (TPSA) is 44.4 Å². The van der Waals surface area contributed by atoms with E-state index in [0.29, 0.717) is 0 Å². The zero-order valence-electron chi connectivity index (χ0n) is 12.4. The normalized spacial score (nSPS) is 31.9. The number of hydrogen-bond acceptors (Lipinski definition) is 3. The number of carbonyl (C=O) groups excluding carboxylic acids is 1. The molecule has 0 aromatic rings. The number of piperidine rings is 2. The van der Waals surface area contributed by atoms with Crippen molar-refractivity contribution in [2.75, 3.05) is 26.2 Å². The Kier molecular flexibility index (Phi) is 5.48. The van der Waals surface area contributed by atoms with Crippen LogP contribution in [0.25, 0.3) is 0 Å². The van der Waals surface area contributed by atoms with Crippen molar-refractivity contribution in [3.8, 4) is 0 Å². The van der Waals surface area contributed by atoms with Gasteiger partial charge in [0.15, 0.2) is 0 Å². The van der Waals surface area contributed by atoms with E-state index in [4.69, 9.17) is 0 Å². The first kappa shape index (κ1) is 16.5. The van der Waals surface area contributed by atoms with E-state index in [1.165, 1.54) is 0 Å². The van der Waals surface area contributed by atoms with Crippen molar-refractivity contribution in [1.82, 2.24) is 15.5 Å². The zero-order valence-corrected chi connectivity index (χ0v) is 12.4. The molecule has 1 amide bonds.